The number of pyridine rings is 1. The molecule has 3 rings (SSSR count). The standard InChI is InChI=1S/C17H17N3O/c1-20(17(21)16-8-4-5-10-18-16)11-9-13-12-19-15-7-3-2-6-14(13)15/h2-8,10,12,19H,9,11H2,1H3. The van der Waals surface area contributed by atoms with Crippen molar-refractivity contribution in [2.45, 2.75) is 6.42 Å². The molecule has 0 radical (unpaired) electrons. The van der Waals surface area contributed by atoms with Gasteiger partial charge in [0.2, 0.25) is 0 Å². The second-order valence-corrected chi connectivity index (χ2v) is 5.05. The lowest BCUT2D eigenvalue weighted by atomic mass is 10.1. The van der Waals surface area contributed by atoms with Crippen LogP contribution in [0.4, 0.5) is 0 Å². The summed E-state index contributed by atoms with van der Waals surface area (Å²) in [6, 6.07) is 13.6. The number of nitrogens with one attached hydrogen (secondary N) is 1. The highest BCUT2D eigenvalue weighted by Crippen LogP contribution is 2.18. The highest BCUT2D eigenvalue weighted by atomic mass is 16.2. The molecule has 106 valence electrons. The molecule has 0 unspecified atom stereocenters. The third-order valence-electron chi connectivity index (χ3n) is 3.62. The summed E-state index contributed by atoms with van der Waals surface area (Å²) in [4.78, 5) is 21.3. The molecule has 0 saturated heterocycles. The van der Waals surface area contributed by atoms with Gasteiger partial charge in [-0.3, -0.25) is 9.78 Å². The summed E-state index contributed by atoms with van der Waals surface area (Å²) in [5, 5.41) is 1.22. The van der Waals surface area contributed by atoms with E-state index in [1.165, 1.54) is 10.9 Å². The molecule has 2 heterocycles. The number of carbonyl (C=O) groups is 1. The largest absolute Gasteiger partial charge is 0.361 e. The van der Waals surface area contributed by atoms with Crippen LogP contribution >= 0.6 is 0 Å². The number of hydrogen-bond acceptors (Lipinski definition) is 2. The van der Waals surface area contributed by atoms with Gasteiger partial charge in [-0.2, -0.15) is 0 Å². The number of fused-ring (bicyclic) bond motifs is 1. The topological polar surface area (TPSA) is 49.0 Å². The van der Waals surface area contributed by atoms with E-state index in [1.54, 1.807) is 17.2 Å². The van der Waals surface area contributed by atoms with Gasteiger partial charge in [-0.15, -0.1) is 0 Å². The average molecular weight is 279 g/mol. The van der Waals surface area contributed by atoms with Gasteiger partial charge in [0.05, 0.1) is 0 Å². The minimum Gasteiger partial charge on any atom is -0.361 e. The first-order chi connectivity index (χ1) is 10.3. The van der Waals surface area contributed by atoms with Crippen molar-refractivity contribution in [2.75, 3.05) is 13.6 Å². The molecule has 21 heavy (non-hydrogen) atoms. The highest BCUT2D eigenvalue weighted by Gasteiger charge is 2.13. The lowest BCUT2D eigenvalue weighted by Crippen LogP contribution is -2.29. The van der Waals surface area contributed by atoms with Crippen molar-refractivity contribution in [3.63, 3.8) is 0 Å². The lowest BCUT2D eigenvalue weighted by Gasteiger charge is -2.16. The number of rotatable bonds is 4. The van der Waals surface area contributed by atoms with E-state index in [1.807, 2.05) is 37.5 Å². The molecular weight excluding hydrogens is 262 g/mol. The van der Waals surface area contributed by atoms with Crippen LogP contribution in [-0.4, -0.2) is 34.4 Å². The molecule has 2 aromatic heterocycles. The second-order valence-electron chi connectivity index (χ2n) is 5.05. The zero-order valence-electron chi connectivity index (χ0n) is 11.9. The van der Waals surface area contributed by atoms with Crippen molar-refractivity contribution >= 4 is 16.8 Å². The summed E-state index contributed by atoms with van der Waals surface area (Å²) in [5.41, 5.74) is 2.84. The van der Waals surface area contributed by atoms with Crippen LogP contribution in [0.1, 0.15) is 16.1 Å². The van der Waals surface area contributed by atoms with Crippen molar-refractivity contribution in [1.29, 1.82) is 0 Å². The lowest BCUT2D eigenvalue weighted by molar-refractivity contribution is 0.0791. The van der Waals surface area contributed by atoms with Gasteiger partial charge in [0.15, 0.2) is 0 Å². The van der Waals surface area contributed by atoms with Crippen LogP contribution in [0.5, 0.6) is 0 Å². The van der Waals surface area contributed by atoms with Crippen LogP contribution in [0.25, 0.3) is 10.9 Å². The zero-order valence-corrected chi connectivity index (χ0v) is 11.9. The number of benzene rings is 1. The van der Waals surface area contributed by atoms with E-state index in [2.05, 4.69) is 22.1 Å². The van der Waals surface area contributed by atoms with Gasteiger partial charge >= 0.3 is 0 Å². The molecular formula is C17H17N3O. The second kappa shape index (κ2) is 5.79. The summed E-state index contributed by atoms with van der Waals surface area (Å²) >= 11 is 0. The molecule has 4 nitrogen and oxygen atoms in total. The Morgan fingerprint density at radius 3 is 2.81 bits per heavy atom. The molecule has 0 atom stereocenters. The minimum atomic E-state index is -0.0459. The molecule has 0 aliphatic rings. The SMILES string of the molecule is CN(CCc1c[nH]c2ccccc12)C(=O)c1ccccn1. The number of H-pyrrole nitrogens is 1. The van der Waals surface area contributed by atoms with Crippen LogP contribution in [0, 0.1) is 0 Å². The molecule has 0 spiro atoms. The Morgan fingerprint density at radius 1 is 1.19 bits per heavy atom. The van der Waals surface area contributed by atoms with Crippen molar-refractivity contribution in [2.24, 2.45) is 0 Å². The zero-order chi connectivity index (χ0) is 14.7. The predicted octanol–water partition coefficient (Wildman–Crippen LogP) is 2.88. The van der Waals surface area contributed by atoms with Crippen LogP contribution in [-0.2, 0) is 6.42 Å². The molecule has 0 saturated carbocycles. The monoisotopic (exact) mass is 279 g/mol. The van der Waals surface area contributed by atoms with Gasteiger partial charge in [-0.25, -0.2) is 0 Å². The molecule has 1 N–H and O–H groups in total. The number of para-hydroxylation sites is 1. The number of nitrogens with zero attached hydrogens (tertiary/aromatic N) is 2. The van der Waals surface area contributed by atoms with Gasteiger partial charge in [0.25, 0.3) is 5.91 Å². The molecule has 1 amide bonds. The van der Waals surface area contributed by atoms with Gasteiger partial charge < -0.3 is 9.88 Å². The average Bonchev–Trinajstić information content (AvgIpc) is 2.96. The molecule has 3 aromatic rings. The summed E-state index contributed by atoms with van der Waals surface area (Å²) in [6.45, 7) is 0.664. The van der Waals surface area contributed by atoms with E-state index >= 15 is 0 Å². The Labute approximate surface area is 123 Å². The molecule has 1 aromatic carbocycles. The van der Waals surface area contributed by atoms with Gasteiger partial charge in [-0.1, -0.05) is 24.3 Å². The fraction of sp³-hybridized carbons (Fsp3) is 0.176. The first-order valence-electron chi connectivity index (χ1n) is 6.97. The summed E-state index contributed by atoms with van der Waals surface area (Å²) < 4.78 is 0. The fourth-order valence-electron chi connectivity index (χ4n) is 2.41. The van der Waals surface area contributed by atoms with Crippen LogP contribution in [0.15, 0.2) is 54.9 Å². The first-order valence-corrected chi connectivity index (χ1v) is 6.97. The Balaban J connectivity index is 1.69. The minimum absolute atomic E-state index is 0.0459. The normalized spacial score (nSPS) is 10.7. The van der Waals surface area contributed by atoms with E-state index in [0.717, 1.165) is 11.9 Å². The maximum absolute atomic E-state index is 12.2. The molecule has 0 fully saturated rings. The van der Waals surface area contributed by atoms with E-state index in [0.29, 0.717) is 12.2 Å². The van der Waals surface area contributed by atoms with Gasteiger partial charge in [0.1, 0.15) is 5.69 Å². The van der Waals surface area contributed by atoms with E-state index in [4.69, 9.17) is 0 Å². The number of aromatic nitrogens is 2. The van der Waals surface area contributed by atoms with Gasteiger partial charge in [0, 0.05) is 36.9 Å². The summed E-state index contributed by atoms with van der Waals surface area (Å²) in [6.07, 6.45) is 4.48. The number of amides is 1. The number of carbonyl (C=O) groups excluding carboxylic acids is 1. The Kier molecular flexibility index (Phi) is 3.69. The number of likely N-dealkylation sites (N-methyl/N-ethyl adjacent to an activating group) is 1. The van der Waals surface area contributed by atoms with E-state index in [9.17, 15) is 4.79 Å². The van der Waals surface area contributed by atoms with E-state index < -0.39 is 0 Å². The molecule has 0 bridgehead atoms. The molecule has 0 aliphatic heterocycles. The van der Waals surface area contributed by atoms with Crippen molar-refractivity contribution in [1.82, 2.24) is 14.9 Å². The quantitative estimate of drug-likeness (QED) is 0.798. The van der Waals surface area contributed by atoms with Gasteiger partial charge in [-0.05, 0) is 30.2 Å². The maximum atomic E-state index is 12.2. The van der Waals surface area contributed by atoms with Crippen molar-refractivity contribution < 1.29 is 4.79 Å². The predicted molar refractivity (Wildman–Crippen MR) is 83.2 cm³/mol. The molecule has 4 heteroatoms. The van der Waals surface area contributed by atoms with Crippen LogP contribution in [0.3, 0.4) is 0 Å². The third-order valence-corrected chi connectivity index (χ3v) is 3.62. The Bertz CT molecular complexity index is 749. The smallest absolute Gasteiger partial charge is 0.272 e. The number of aromatic amines is 1. The summed E-state index contributed by atoms with van der Waals surface area (Å²) in [5.74, 6) is -0.0459. The van der Waals surface area contributed by atoms with Crippen molar-refractivity contribution in [3.8, 4) is 0 Å². The Morgan fingerprint density at radius 2 is 2.00 bits per heavy atom. The Hall–Kier alpha value is -2.62. The van der Waals surface area contributed by atoms with E-state index in [-0.39, 0.29) is 5.91 Å². The fourth-order valence-corrected chi connectivity index (χ4v) is 2.41. The molecule has 0 aliphatic carbocycles. The van der Waals surface area contributed by atoms with Crippen molar-refractivity contribution in [3.05, 3.63) is 66.1 Å². The van der Waals surface area contributed by atoms with Crippen LogP contribution in [0.2, 0.25) is 0 Å². The maximum Gasteiger partial charge on any atom is 0.272 e. The number of hydrogen-bond donors (Lipinski definition) is 1. The summed E-state index contributed by atoms with van der Waals surface area (Å²) in [7, 11) is 1.81. The first kappa shape index (κ1) is 13.4. The van der Waals surface area contributed by atoms with Crippen LogP contribution < -0.4 is 0 Å². The third kappa shape index (κ3) is 2.79. The highest BCUT2D eigenvalue weighted by molar-refractivity contribution is 5.92.